The molecule has 6 heteroatoms. The number of halogens is 1. The molecule has 0 aromatic carbocycles. The highest BCUT2D eigenvalue weighted by Gasteiger charge is 2.22. The van der Waals surface area contributed by atoms with Crippen LogP contribution in [-0.2, 0) is 9.53 Å². The van der Waals surface area contributed by atoms with Gasteiger partial charge in [-0.15, -0.1) is 0 Å². The molecule has 1 aliphatic rings. The van der Waals surface area contributed by atoms with Crippen LogP contribution in [0.15, 0.2) is 12.3 Å². The van der Waals surface area contributed by atoms with E-state index in [4.69, 9.17) is 21.1 Å². The molecule has 5 nitrogen and oxygen atoms in total. The Morgan fingerprint density at radius 3 is 2.94 bits per heavy atom. The molecule has 98 valence electrons. The maximum Gasteiger partial charge on any atom is 0.227 e. The average Bonchev–Trinajstić information content (AvgIpc) is 2.42. The number of ether oxygens (including phenoxy) is 2. The second kappa shape index (κ2) is 6.02. The first-order valence-corrected chi connectivity index (χ1v) is 6.16. The normalized spacial score (nSPS) is 16.3. The van der Waals surface area contributed by atoms with Gasteiger partial charge in [-0.2, -0.15) is 0 Å². The molecule has 1 amide bonds. The third kappa shape index (κ3) is 3.11. The number of carbonyl (C=O) groups is 1. The third-order valence-electron chi connectivity index (χ3n) is 2.89. The zero-order valence-corrected chi connectivity index (χ0v) is 10.9. The van der Waals surface area contributed by atoms with E-state index in [1.54, 1.807) is 6.07 Å². The van der Waals surface area contributed by atoms with Crippen LogP contribution in [0.2, 0.25) is 5.02 Å². The van der Waals surface area contributed by atoms with Gasteiger partial charge in [-0.25, -0.2) is 4.98 Å². The Kier molecular flexibility index (Phi) is 4.38. The third-order valence-corrected chi connectivity index (χ3v) is 3.19. The van der Waals surface area contributed by atoms with Gasteiger partial charge in [-0.05, 0) is 12.8 Å². The first-order chi connectivity index (χ1) is 8.70. The number of aromatic nitrogens is 1. The Bertz CT molecular complexity index is 433. The fourth-order valence-corrected chi connectivity index (χ4v) is 1.97. The van der Waals surface area contributed by atoms with Crippen LogP contribution in [-0.4, -0.2) is 31.2 Å². The summed E-state index contributed by atoms with van der Waals surface area (Å²) in [5, 5.41) is 3.21. The Morgan fingerprint density at radius 2 is 2.28 bits per heavy atom. The van der Waals surface area contributed by atoms with E-state index in [1.807, 2.05) is 0 Å². The SMILES string of the molecule is COc1cc(NC(=O)C2CCOCC2)c(Cl)cn1. The van der Waals surface area contributed by atoms with Crippen LogP contribution in [0.3, 0.4) is 0 Å². The lowest BCUT2D eigenvalue weighted by Gasteiger charge is -2.21. The number of methoxy groups -OCH3 is 1. The van der Waals surface area contributed by atoms with Crippen LogP contribution in [0.4, 0.5) is 5.69 Å². The van der Waals surface area contributed by atoms with E-state index in [0.717, 1.165) is 12.8 Å². The standard InChI is InChI=1S/C12H15ClN2O3/c1-17-11-6-10(9(13)7-14-11)15-12(16)8-2-4-18-5-3-8/h6-8H,2-5H2,1H3,(H,14,15,16). The Balaban J connectivity index is 2.05. The Morgan fingerprint density at radius 1 is 1.56 bits per heavy atom. The lowest BCUT2D eigenvalue weighted by atomic mass is 9.99. The number of hydrogen-bond acceptors (Lipinski definition) is 4. The van der Waals surface area contributed by atoms with Crippen molar-refractivity contribution in [2.24, 2.45) is 5.92 Å². The highest BCUT2D eigenvalue weighted by atomic mass is 35.5. The van der Waals surface area contributed by atoms with Gasteiger partial charge in [0.15, 0.2) is 0 Å². The van der Waals surface area contributed by atoms with Crippen molar-refractivity contribution in [3.63, 3.8) is 0 Å². The smallest absolute Gasteiger partial charge is 0.227 e. The van der Waals surface area contributed by atoms with Crippen LogP contribution in [0.5, 0.6) is 5.88 Å². The topological polar surface area (TPSA) is 60.5 Å². The summed E-state index contributed by atoms with van der Waals surface area (Å²) < 4.78 is 10.2. The molecule has 0 radical (unpaired) electrons. The van der Waals surface area contributed by atoms with Crippen LogP contribution < -0.4 is 10.1 Å². The largest absolute Gasteiger partial charge is 0.481 e. The van der Waals surface area contributed by atoms with Crippen LogP contribution >= 0.6 is 11.6 Å². The van der Waals surface area contributed by atoms with Crippen molar-refractivity contribution in [2.75, 3.05) is 25.6 Å². The van der Waals surface area contributed by atoms with Crippen LogP contribution in [0.25, 0.3) is 0 Å². The van der Waals surface area contributed by atoms with Crippen LogP contribution in [0.1, 0.15) is 12.8 Å². The minimum absolute atomic E-state index is 0.0195. The zero-order chi connectivity index (χ0) is 13.0. The summed E-state index contributed by atoms with van der Waals surface area (Å²) in [5.74, 6) is 0.365. The summed E-state index contributed by atoms with van der Waals surface area (Å²) >= 11 is 5.98. The van der Waals surface area contributed by atoms with Gasteiger partial charge in [0.25, 0.3) is 0 Å². The second-order valence-electron chi connectivity index (χ2n) is 4.08. The van der Waals surface area contributed by atoms with Gasteiger partial charge in [-0.3, -0.25) is 4.79 Å². The summed E-state index contributed by atoms with van der Waals surface area (Å²) in [7, 11) is 1.51. The summed E-state index contributed by atoms with van der Waals surface area (Å²) in [5.41, 5.74) is 0.528. The Labute approximate surface area is 110 Å². The minimum Gasteiger partial charge on any atom is -0.481 e. The predicted octanol–water partition coefficient (Wildman–Crippen LogP) is 2.11. The van der Waals surface area contributed by atoms with E-state index in [9.17, 15) is 4.79 Å². The van der Waals surface area contributed by atoms with E-state index in [0.29, 0.717) is 29.8 Å². The molecule has 0 aliphatic carbocycles. The van der Waals surface area contributed by atoms with Gasteiger partial charge in [-0.1, -0.05) is 11.6 Å². The van der Waals surface area contributed by atoms with Gasteiger partial charge in [0.1, 0.15) is 0 Å². The summed E-state index contributed by atoms with van der Waals surface area (Å²) in [6.45, 7) is 1.26. The monoisotopic (exact) mass is 270 g/mol. The summed E-state index contributed by atoms with van der Waals surface area (Å²) in [6, 6.07) is 1.61. The fraction of sp³-hybridized carbons (Fsp3) is 0.500. The minimum atomic E-state index is -0.0338. The first kappa shape index (κ1) is 13.1. The molecule has 1 saturated heterocycles. The van der Waals surface area contributed by atoms with E-state index < -0.39 is 0 Å². The number of nitrogens with zero attached hydrogens (tertiary/aromatic N) is 1. The summed E-state index contributed by atoms with van der Waals surface area (Å²) in [6.07, 6.45) is 2.94. The maximum absolute atomic E-state index is 12.0. The van der Waals surface area contributed by atoms with Gasteiger partial charge in [0.2, 0.25) is 11.8 Å². The number of rotatable bonds is 3. The van der Waals surface area contributed by atoms with Crippen molar-refractivity contribution in [1.29, 1.82) is 0 Å². The van der Waals surface area contributed by atoms with E-state index >= 15 is 0 Å². The van der Waals surface area contributed by atoms with Gasteiger partial charge >= 0.3 is 0 Å². The quantitative estimate of drug-likeness (QED) is 0.914. The number of pyridine rings is 1. The number of amides is 1. The van der Waals surface area contributed by atoms with E-state index in [1.165, 1.54) is 13.3 Å². The molecule has 0 unspecified atom stereocenters. The van der Waals surface area contributed by atoms with Crippen molar-refractivity contribution in [1.82, 2.24) is 4.98 Å². The molecule has 18 heavy (non-hydrogen) atoms. The number of carbonyl (C=O) groups excluding carboxylic acids is 1. The molecule has 0 saturated carbocycles. The zero-order valence-electron chi connectivity index (χ0n) is 10.1. The van der Waals surface area contributed by atoms with Gasteiger partial charge in [0.05, 0.1) is 24.0 Å². The van der Waals surface area contributed by atoms with E-state index in [-0.39, 0.29) is 11.8 Å². The van der Waals surface area contributed by atoms with Crippen molar-refractivity contribution in [3.8, 4) is 5.88 Å². The molecule has 1 aliphatic heterocycles. The average molecular weight is 271 g/mol. The van der Waals surface area contributed by atoms with Crippen LogP contribution in [0, 0.1) is 5.92 Å². The lowest BCUT2D eigenvalue weighted by Crippen LogP contribution is -2.28. The fourth-order valence-electron chi connectivity index (χ4n) is 1.82. The Hall–Kier alpha value is -1.33. The molecule has 1 aromatic heterocycles. The van der Waals surface area contributed by atoms with Crippen molar-refractivity contribution in [2.45, 2.75) is 12.8 Å². The predicted molar refractivity (Wildman–Crippen MR) is 68.0 cm³/mol. The molecule has 2 heterocycles. The molecular weight excluding hydrogens is 256 g/mol. The molecule has 0 bridgehead atoms. The molecular formula is C12H15ClN2O3. The number of nitrogens with one attached hydrogen (secondary N) is 1. The highest BCUT2D eigenvalue weighted by Crippen LogP contribution is 2.26. The molecule has 1 fully saturated rings. The molecule has 0 spiro atoms. The lowest BCUT2D eigenvalue weighted by molar-refractivity contribution is -0.122. The first-order valence-electron chi connectivity index (χ1n) is 5.79. The highest BCUT2D eigenvalue weighted by molar-refractivity contribution is 6.33. The number of hydrogen-bond donors (Lipinski definition) is 1. The van der Waals surface area contributed by atoms with Crippen molar-refractivity contribution in [3.05, 3.63) is 17.3 Å². The van der Waals surface area contributed by atoms with E-state index in [2.05, 4.69) is 10.3 Å². The molecule has 1 aromatic rings. The molecule has 2 rings (SSSR count). The summed E-state index contributed by atoms with van der Waals surface area (Å²) in [4.78, 5) is 16.0. The van der Waals surface area contributed by atoms with Gasteiger partial charge < -0.3 is 14.8 Å². The molecule has 1 N–H and O–H groups in total. The second-order valence-corrected chi connectivity index (χ2v) is 4.49. The maximum atomic E-state index is 12.0. The van der Waals surface area contributed by atoms with Crippen molar-refractivity contribution >= 4 is 23.2 Å². The number of anilines is 1. The van der Waals surface area contributed by atoms with Crippen molar-refractivity contribution < 1.29 is 14.3 Å². The van der Waals surface area contributed by atoms with Gasteiger partial charge in [0, 0.05) is 25.2 Å². The molecule has 0 atom stereocenters.